The molecule has 1 saturated heterocycles. The number of amides is 1. The molecule has 126 valence electrons. The van der Waals surface area contributed by atoms with Crippen LogP contribution in [0, 0.1) is 0 Å². The molecule has 26 heavy (non-hydrogen) atoms. The second kappa shape index (κ2) is 6.81. The van der Waals surface area contributed by atoms with Crippen molar-refractivity contribution in [3.63, 3.8) is 0 Å². The third kappa shape index (κ3) is 2.84. The Morgan fingerprint density at radius 2 is 1.23 bits per heavy atom. The van der Waals surface area contributed by atoms with Gasteiger partial charge in [0, 0.05) is 11.3 Å². The maximum absolute atomic E-state index is 12.8. The van der Waals surface area contributed by atoms with Gasteiger partial charge in [0.15, 0.2) is 0 Å². The number of anilines is 1. The fourth-order valence-electron chi connectivity index (χ4n) is 3.31. The van der Waals surface area contributed by atoms with Crippen molar-refractivity contribution in [2.75, 3.05) is 4.90 Å². The summed E-state index contributed by atoms with van der Waals surface area (Å²) in [5, 5.41) is 0. The van der Waals surface area contributed by atoms with Crippen LogP contribution in [-0.4, -0.2) is 11.7 Å². The minimum Gasteiger partial charge on any atom is -0.294 e. The van der Waals surface area contributed by atoms with Crippen molar-refractivity contribution >= 4 is 23.5 Å². The van der Waals surface area contributed by atoms with E-state index in [1.54, 1.807) is 4.90 Å². The van der Waals surface area contributed by atoms with Crippen LogP contribution in [0.1, 0.15) is 17.2 Å². The van der Waals surface area contributed by atoms with E-state index in [0.29, 0.717) is 5.57 Å². The number of para-hydroxylation sites is 1. The summed E-state index contributed by atoms with van der Waals surface area (Å²) in [5.74, 6) is -0.946. The Labute approximate surface area is 152 Å². The standard InChI is InChI=1S/C23H17NO2/c25-22-20(16-17-10-4-1-5-11-17)21(18-12-6-2-7-13-18)24(23(22)26)19-14-8-3-9-15-19/h1-16,21H/b20-16+/t21-/m1/s1. The highest BCUT2D eigenvalue weighted by Crippen LogP contribution is 2.39. The van der Waals surface area contributed by atoms with Crippen LogP contribution in [0.15, 0.2) is 96.6 Å². The van der Waals surface area contributed by atoms with Crippen LogP contribution in [0.2, 0.25) is 0 Å². The second-order valence-electron chi connectivity index (χ2n) is 6.16. The van der Waals surface area contributed by atoms with Crippen molar-refractivity contribution in [3.8, 4) is 0 Å². The zero-order valence-electron chi connectivity index (χ0n) is 14.1. The van der Waals surface area contributed by atoms with Gasteiger partial charge in [-0.2, -0.15) is 0 Å². The Kier molecular flexibility index (Phi) is 4.20. The number of carbonyl (C=O) groups excluding carboxylic acids is 2. The molecule has 0 radical (unpaired) electrons. The van der Waals surface area contributed by atoms with Crippen molar-refractivity contribution in [2.24, 2.45) is 0 Å². The summed E-state index contributed by atoms with van der Waals surface area (Å²) in [5.41, 5.74) is 3.03. The van der Waals surface area contributed by atoms with Crippen LogP contribution in [-0.2, 0) is 9.59 Å². The van der Waals surface area contributed by atoms with Crippen LogP contribution in [0.3, 0.4) is 0 Å². The van der Waals surface area contributed by atoms with Crippen molar-refractivity contribution in [3.05, 3.63) is 108 Å². The Bertz CT molecular complexity index is 963. The van der Waals surface area contributed by atoms with E-state index in [1.165, 1.54) is 0 Å². The first-order chi connectivity index (χ1) is 12.8. The summed E-state index contributed by atoms with van der Waals surface area (Å²) in [6.07, 6.45) is 1.82. The van der Waals surface area contributed by atoms with E-state index in [9.17, 15) is 9.59 Å². The lowest BCUT2D eigenvalue weighted by atomic mass is 9.96. The summed E-state index contributed by atoms with van der Waals surface area (Å²) in [4.78, 5) is 27.2. The first-order valence-corrected chi connectivity index (χ1v) is 8.50. The maximum atomic E-state index is 12.8. The molecule has 4 rings (SSSR count). The molecule has 0 aromatic heterocycles. The van der Waals surface area contributed by atoms with E-state index >= 15 is 0 Å². The van der Waals surface area contributed by atoms with Gasteiger partial charge in [0.1, 0.15) is 0 Å². The number of benzene rings is 3. The number of ketones is 1. The van der Waals surface area contributed by atoms with Gasteiger partial charge in [-0.15, -0.1) is 0 Å². The van der Waals surface area contributed by atoms with Gasteiger partial charge in [-0.25, -0.2) is 0 Å². The number of nitrogens with zero attached hydrogens (tertiary/aromatic N) is 1. The molecule has 3 aromatic rings. The van der Waals surface area contributed by atoms with Crippen molar-refractivity contribution in [1.29, 1.82) is 0 Å². The number of carbonyl (C=O) groups is 2. The van der Waals surface area contributed by atoms with Crippen molar-refractivity contribution < 1.29 is 9.59 Å². The predicted molar refractivity (Wildman–Crippen MR) is 103 cm³/mol. The lowest BCUT2D eigenvalue weighted by Gasteiger charge is -2.25. The molecule has 1 atom stereocenters. The van der Waals surface area contributed by atoms with Crippen LogP contribution < -0.4 is 4.90 Å². The summed E-state index contributed by atoms with van der Waals surface area (Å²) in [7, 11) is 0. The topological polar surface area (TPSA) is 37.4 Å². The van der Waals surface area contributed by atoms with E-state index in [-0.39, 0.29) is 0 Å². The molecule has 3 aromatic carbocycles. The molecule has 1 amide bonds. The van der Waals surface area contributed by atoms with Gasteiger partial charge in [-0.1, -0.05) is 78.9 Å². The van der Waals surface area contributed by atoms with Crippen LogP contribution in [0.4, 0.5) is 5.69 Å². The minimum atomic E-state index is -0.493. The van der Waals surface area contributed by atoms with Gasteiger partial charge in [0.05, 0.1) is 6.04 Å². The molecule has 0 bridgehead atoms. The van der Waals surface area contributed by atoms with E-state index < -0.39 is 17.7 Å². The van der Waals surface area contributed by atoms with Gasteiger partial charge >= 0.3 is 0 Å². The quantitative estimate of drug-likeness (QED) is 0.523. The Morgan fingerprint density at radius 1 is 0.692 bits per heavy atom. The molecule has 0 unspecified atom stereocenters. The largest absolute Gasteiger partial charge is 0.299 e. The molecule has 0 saturated carbocycles. The summed E-state index contributed by atoms with van der Waals surface area (Å²) < 4.78 is 0. The monoisotopic (exact) mass is 339 g/mol. The highest BCUT2D eigenvalue weighted by Gasteiger charge is 2.44. The first-order valence-electron chi connectivity index (χ1n) is 8.50. The molecule has 3 heteroatoms. The second-order valence-corrected chi connectivity index (χ2v) is 6.16. The Hall–Kier alpha value is -3.46. The third-order valence-electron chi connectivity index (χ3n) is 4.50. The lowest BCUT2D eigenvalue weighted by molar-refractivity contribution is -0.132. The van der Waals surface area contributed by atoms with E-state index in [2.05, 4.69) is 0 Å². The number of rotatable bonds is 3. The van der Waals surface area contributed by atoms with Crippen molar-refractivity contribution in [1.82, 2.24) is 0 Å². The average Bonchev–Trinajstić information content (AvgIpc) is 2.95. The fraction of sp³-hybridized carbons (Fsp3) is 0.0435. The predicted octanol–water partition coefficient (Wildman–Crippen LogP) is 4.43. The van der Waals surface area contributed by atoms with E-state index in [1.807, 2.05) is 97.1 Å². The number of hydrogen-bond acceptors (Lipinski definition) is 2. The Morgan fingerprint density at radius 3 is 1.85 bits per heavy atom. The summed E-state index contributed by atoms with van der Waals surface area (Å²) >= 11 is 0. The molecule has 1 heterocycles. The zero-order valence-corrected chi connectivity index (χ0v) is 14.1. The number of hydrogen-bond donors (Lipinski definition) is 0. The van der Waals surface area contributed by atoms with Gasteiger partial charge in [-0.05, 0) is 29.3 Å². The van der Waals surface area contributed by atoms with Gasteiger partial charge < -0.3 is 0 Å². The lowest BCUT2D eigenvalue weighted by Crippen LogP contribution is -2.29. The SMILES string of the molecule is O=C1C(=O)N(c2ccccc2)[C@H](c2ccccc2)/C1=C\c1ccccc1. The normalized spacial score (nSPS) is 18.5. The maximum Gasteiger partial charge on any atom is 0.299 e. The molecule has 1 fully saturated rings. The molecular weight excluding hydrogens is 322 g/mol. The van der Waals surface area contributed by atoms with Crippen LogP contribution in [0.25, 0.3) is 6.08 Å². The summed E-state index contributed by atoms with van der Waals surface area (Å²) in [6.45, 7) is 0. The Balaban J connectivity index is 1.89. The van der Waals surface area contributed by atoms with Crippen LogP contribution >= 0.6 is 0 Å². The fourth-order valence-corrected chi connectivity index (χ4v) is 3.31. The number of Topliss-reactive ketones (excluding diaryl/α,β-unsaturated/α-hetero) is 1. The molecule has 0 spiro atoms. The first kappa shape index (κ1) is 16.0. The van der Waals surface area contributed by atoms with Gasteiger partial charge in [0.2, 0.25) is 5.78 Å². The third-order valence-corrected chi connectivity index (χ3v) is 4.50. The molecule has 0 N–H and O–H groups in total. The van der Waals surface area contributed by atoms with E-state index in [4.69, 9.17) is 0 Å². The van der Waals surface area contributed by atoms with E-state index in [0.717, 1.165) is 16.8 Å². The molecule has 1 aliphatic heterocycles. The van der Waals surface area contributed by atoms with Crippen molar-refractivity contribution in [2.45, 2.75) is 6.04 Å². The smallest absolute Gasteiger partial charge is 0.294 e. The molecule has 3 nitrogen and oxygen atoms in total. The minimum absolute atomic E-state index is 0.432. The molecular formula is C23H17NO2. The molecule has 0 aliphatic carbocycles. The highest BCUT2D eigenvalue weighted by atomic mass is 16.2. The average molecular weight is 339 g/mol. The molecule has 1 aliphatic rings. The van der Waals surface area contributed by atoms with Gasteiger partial charge in [-0.3, -0.25) is 14.5 Å². The summed E-state index contributed by atoms with van der Waals surface area (Å²) in [6, 6.07) is 28.2. The highest BCUT2D eigenvalue weighted by molar-refractivity contribution is 6.51. The zero-order chi connectivity index (χ0) is 17.9. The van der Waals surface area contributed by atoms with Crippen LogP contribution in [0.5, 0.6) is 0 Å². The van der Waals surface area contributed by atoms with Gasteiger partial charge in [0.25, 0.3) is 5.91 Å².